The average molecular weight is 225 g/mol. The molecule has 0 saturated carbocycles. The predicted octanol–water partition coefficient (Wildman–Crippen LogP) is 1.70. The molecular formula is C10H11NO5. The van der Waals surface area contributed by atoms with Crippen molar-refractivity contribution in [1.29, 1.82) is 0 Å². The second kappa shape index (κ2) is 4.18. The first kappa shape index (κ1) is 12.0. The Kier molecular flexibility index (Phi) is 3.12. The van der Waals surface area contributed by atoms with E-state index in [0.717, 1.165) is 7.11 Å². The summed E-state index contributed by atoms with van der Waals surface area (Å²) in [4.78, 5) is 21.3. The molecule has 0 aliphatic carbocycles. The van der Waals surface area contributed by atoms with Crippen molar-refractivity contribution >= 4 is 11.7 Å². The smallest absolute Gasteiger partial charge is 0.342 e. The number of methoxy groups -OCH3 is 1. The van der Waals surface area contributed by atoms with Gasteiger partial charge in [-0.05, 0) is 25.5 Å². The van der Waals surface area contributed by atoms with Crippen LogP contribution in [0.3, 0.4) is 0 Å². The molecule has 0 saturated heterocycles. The van der Waals surface area contributed by atoms with E-state index in [1.807, 2.05) is 0 Å². The van der Waals surface area contributed by atoms with Gasteiger partial charge in [-0.3, -0.25) is 10.1 Å². The fraction of sp³-hybridized carbons (Fsp3) is 0.300. The zero-order valence-corrected chi connectivity index (χ0v) is 9.10. The fourth-order valence-electron chi connectivity index (χ4n) is 1.55. The van der Waals surface area contributed by atoms with Crippen molar-refractivity contribution in [3.63, 3.8) is 0 Å². The normalized spacial score (nSPS) is 9.94. The highest BCUT2D eigenvalue weighted by Crippen LogP contribution is 2.35. The summed E-state index contributed by atoms with van der Waals surface area (Å²) in [5.74, 6) is -1.44. The van der Waals surface area contributed by atoms with E-state index >= 15 is 0 Å². The van der Waals surface area contributed by atoms with Crippen LogP contribution in [0, 0.1) is 24.0 Å². The molecule has 0 aliphatic rings. The van der Waals surface area contributed by atoms with Gasteiger partial charge in [-0.2, -0.15) is 0 Å². The van der Waals surface area contributed by atoms with E-state index in [1.165, 1.54) is 13.0 Å². The van der Waals surface area contributed by atoms with E-state index in [2.05, 4.69) is 4.74 Å². The number of phenols is 1. The number of ether oxygens (including phenoxy) is 1. The monoisotopic (exact) mass is 225 g/mol. The lowest BCUT2D eigenvalue weighted by atomic mass is 10.0. The van der Waals surface area contributed by atoms with Crippen LogP contribution in [0.5, 0.6) is 5.75 Å². The molecule has 16 heavy (non-hydrogen) atoms. The number of hydrogen-bond acceptors (Lipinski definition) is 5. The summed E-state index contributed by atoms with van der Waals surface area (Å²) >= 11 is 0. The number of rotatable bonds is 2. The summed E-state index contributed by atoms with van der Waals surface area (Å²) in [7, 11) is 1.15. The van der Waals surface area contributed by atoms with Gasteiger partial charge in [0.05, 0.1) is 12.0 Å². The Morgan fingerprint density at radius 3 is 2.44 bits per heavy atom. The third-order valence-electron chi connectivity index (χ3n) is 2.23. The van der Waals surface area contributed by atoms with Gasteiger partial charge in [0.2, 0.25) is 5.75 Å². The quantitative estimate of drug-likeness (QED) is 0.470. The van der Waals surface area contributed by atoms with E-state index in [9.17, 15) is 20.0 Å². The van der Waals surface area contributed by atoms with E-state index in [0.29, 0.717) is 11.1 Å². The van der Waals surface area contributed by atoms with Crippen LogP contribution in [0.15, 0.2) is 6.07 Å². The number of esters is 1. The van der Waals surface area contributed by atoms with Crippen molar-refractivity contribution in [1.82, 2.24) is 0 Å². The first-order chi connectivity index (χ1) is 7.40. The maximum Gasteiger partial charge on any atom is 0.342 e. The van der Waals surface area contributed by atoms with Gasteiger partial charge in [0.15, 0.2) is 0 Å². The Hall–Kier alpha value is -2.11. The highest BCUT2D eigenvalue weighted by Gasteiger charge is 2.26. The molecule has 86 valence electrons. The Balaban J connectivity index is 3.57. The summed E-state index contributed by atoms with van der Waals surface area (Å²) in [6.07, 6.45) is 0. The molecule has 6 nitrogen and oxygen atoms in total. The van der Waals surface area contributed by atoms with Crippen LogP contribution in [-0.4, -0.2) is 23.1 Å². The minimum Gasteiger partial charge on any atom is -0.501 e. The minimum atomic E-state index is -0.793. The number of nitro groups is 1. The maximum absolute atomic E-state index is 11.3. The minimum absolute atomic E-state index is 0.167. The number of nitro benzene ring substituents is 1. The molecule has 0 bridgehead atoms. The van der Waals surface area contributed by atoms with Gasteiger partial charge < -0.3 is 9.84 Å². The zero-order valence-electron chi connectivity index (χ0n) is 9.10. The molecule has 0 radical (unpaired) electrons. The summed E-state index contributed by atoms with van der Waals surface area (Å²) in [6, 6.07) is 1.46. The van der Waals surface area contributed by atoms with Gasteiger partial charge in [0, 0.05) is 5.56 Å². The molecule has 1 aromatic carbocycles. The summed E-state index contributed by atoms with van der Waals surface area (Å²) in [5.41, 5.74) is 0.103. The van der Waals surface area contributed by atoms with Crippen molar-refractivity contribution in [3.8, 4) is 5.75 Å². The number of benzene rings is 1. The molecular weight excluding hydrogens is 214 g/mol. The van der Waals surface area contributed by atoms with E-state index in [-0.39, 0.29) is 5.56 Å². The SMILES string of the molecule is COC(=O)c1c(C)cc(C)c([N+](=O)[O-])c1O. The molecule has 1 rings (SSSR count). The van der Waals surface area contributed by atoms with Gasteiger partial charge in [-0.15, -0.1) is 0 Å². The molecule has 1 N–H and O–H groups in total. The second-order valence-electron chi connectivity index (χ2n) is 3.33. The van der Waals surface area contributed by atoms with Crippen molar-refractivity contribution in [2.75, 3.05) is 7.11 Å². The van der Waals surface area contributed by atoms with E-state index in [1.54, 1.807) is 6.92 Å². The molecule has 0 atom stereocenters. The summed E-state index contributed by atoms with van der Waals surface area (Å²) in [5, 5.41) is 20.4. The lowest BCUT2D eigenvalue weighted by Crippen LogP contribution is -2.07. The molecule has 0 unspecified atom stereocenters. The van der Waals surface area contributed by atoms with Crippen LogP contribution in [0.2, 0.25) is 0 Å². The van der Waals surface area contributed by atoms with Crippen molar-refractivity contribution in [2.24, 2.45) is 0 Å². The highest BCUT2D eigenvalue weighted by atomic mass is 16.6. The second-order valence-corrected chi connectivity index (χ2v) is 3.33. The van der Waals surface area contributed by atoms with Crippen LogP contribution in [-0.2, 0) is 4.74 Å². The van der Waals surface area contributed by atoms with Gasteiger partial charge in [-0.1, -0.05) is 0 Å². The summed E-state index contributed by atoms with van der Waals surface area (Å²) in [6.45, 7) is 3.06. The van der Waals surface area contributed by atoms with Crippen LogP contribution in [0.4, 0.5) is 5.69 Å². The van der Waals surface area contributed by atoms with Crippen molar-refractivity contribution < 1.29 is 19.6 Å². The number of aryl methyl sites for hydroxylation is 2. The van der Waals surface area contributed by atoms with Crippen LogP contribution in [0.1, 0.15) is 21.5 Å². The van der Waals surface area contributed by atoms with Gasteiger partial charge in [-0.25, -0.2) is 4.79 Å². The third-order valence-corrected chi connectivity index (χ3v) is 2.23. The number of carbonyl (C=O) groups is 1. The van der Waals surface area contributed by atoms with Gasteiger partial charge in [0.1, 0.15) is 5.56 Å². The first-order valence-electron chi connectivity index (χ1n) is 4.46. The lowest BCUT2D eigenvalue weighted by molar-refractivity contribution is -0.386. The van der Waals surface area contributed by atoms with Crippen LogP contribution >= 0.6 is 0 Å². The molecule has 0 spiro atoms. The zero-order chi connectivity index (χ0) is 12.5. The molecule has 0 heterocycles. The summed E-state index contributed by atoms with van der Waals surface area (Å²) < 4.78 is 4.45. The molecule has 0 fully saturated rings. The Labute approximate surface area is 91.6 Å². The largest absolute Gasteiger partial charge is 0.501 e. The third kappa shape index (κ3) is 1.81. The van der Waals surface area contributed by atoms with E-state index < -0.39 is 22.3 Å². The topological polar surface area (TPSA) is 89.7 Å². The van der Waals surface area contributed by atoms with Crippen molar-refractivity contribution in [3.05, 3.63) is 32.9 Å². The number of carbonyl (C=O) groups excluding carboxylic acids is 1. The molecule has 6 heteroatoms. The predicted molar refractivity (Wildman–Crippen MR) is 55.6 cm³/mol. The number of nitrogens with zero attached hydrogens (tertiary/aromatic N) is 1. The lowest BCUT2D eigenvalue weighted by Gasteiger charge is -2.08. The molecule has 0 aliphatic heterocycles. The Morgan fingerprint density at radius 2 is 2.00 bits per heavy atom. The number of phenolic OH excluding ortho intramolecular Hbond substituents is 1. The first-order valence-corrected chi connectivity index (χ1v) is 4.46. The standard InChI is InChI=1S/C10H11NO5/c1-5-4-6(2)8(11(14)15)9(12)7(5)10(13)16-3/h4,12H,1-3H3. The Bertz CT molecular complexity index is 467. The average Bonchev–Trinajstić information content (AvgIpc) is 2.15. The Morgan fingerprint density at radius 1 is 1.44 bits per heavy atom. The molecule has 0 amide bonds. The molecule has 1 aromatic rings. The van der Waals surface area contributed by atoms with Crippen LogP contribution < -0.4 is 0 Å². The fourth-order valence-corrected chi connectivity index (χ4v) is 1.55. The van der Waals surface area contributed by atoms with Gasteiger partial charge >= 0.3 is 11.7 Å². The maximum atomic E-state index is 11.3. The highest BCUT2D eigenvalue weighted by molar-refractivity contribution is 5.95. The van der Waals surface area contributed by atoms with Crippen molar-refractivity contribution in [2.45, 2.75) is 13.8 Å². The van der Waals surface area contributed by atoms with Gasteiger partial charge in [0.25, 0.3) is 0 Å². The van der Waals surface area contributed by atoms with Crippen LogP contribution in [0.25, 0.3) is 0 Å². The number of aromatic hydroxyl groups is 1. The molecule has 0 aromatic heterocycles. The number of hydrogen-bond donors (Lipinski definition) is 1. The van der Waals surface area contributed by atoms with E-state index in [4.69, 9.17) is 0 Å².